The lowest BCUT2D eigenvalue weighted by Gasteiger charge is -2.71. The zero-order valence-corrected chi connectivity index (χ0v) is 40.5. The highest BCUT2D eigenvalue weighted by Crippen LogP contribution is 2.76. The molecule has 3 aliphatic heterocycles. The summed E-state index contributed by atoms with van der Waals surface area (Å²) in [5.74, 6) is -1.98. The molecule has 0 bridgehead atoms. The van der Waals surface area contributed by atoms with E-state index in [1.807, 2.05) is 6.92 Å². The first-order valence-electron chi connectivity index (χ1n) is 24.6. The van der Waals surface area contributed by atoms with Gasteiger partial charge in [0.2, 0.25) is 0 Å². The van der Waals surface area contributed by atoms with E-state index in [0.717, 1.165) is 45.5 Å². The van der Waals surface area contributed by atoms with Crippen LogP contribution in [0, 0.1) is 50.2 Å². The molecule has 0 radical (unpaired) electrons. The van der Waals surface area contributed by atoms with E-state index in [1.54, 1.807) is 0 Å². The second-order valence-electron chi connectivity index (χ2n) is 23.3. The second-order valence-corrected chi connectivity index (χ2v) is 23.3. The number of carboxylic acids is 1. The van der Waals surface area contributed by atoms with Crippen LogP contribution in [0.3, 0.4) is 0 Å². The van der Waals surface area contributed by atoms with Crippen LogP contribution in [0.1, 0.15) is 113 Å². The molecule has 5 aliphatic carbocycles. The first-order valence-corrected chi connectivity index (χ1v) is 24.6. The molecule has 68 heavy (non-hydrogen) atoms. The highest BCUT2D eigenvalue weighted by atomic mass is 16.8. The number of hydrogen-bond donors (Lipinski definition) is 9. The summed E-state index contributed by atoms with van der Waals surface area (Å²) in [7, 11) is 1.06. The minimum Gasteiger partial charge on any atom is -0.481 e. The molecule has 19 nitrogen and oxygen atoms in total. The molecule has 19 heteroatoms. The first-order chi connectivity index (χ1) is 31.8. The third-order valence-electron chi connectivity index (χ3n) is 19.5. The van der Waals surface area contributed by atoms with Gasteiger partial charge in [-0.3, -0.25) is 4.79 Å². The fourth-order valence-electron chi connectivity index (χ4n) is 15.0. The maximum atomic E-state index is 13.9. The maximum Gasteiger partial charge on any atom is 0.337 e. The monoisotopic (exact) mass is 968 g/mol. The minimum absolute atomic E-state index is 0.00578. The van der Waals surface area contributed by atoms with Crippen molar-refractivity contribution < 1.29 is 93.5 Å². The number of carboxylic acid groups (broad SMARTS) is 1. The standard InChI is InChI=1S/C49H76O19/c1-22-29(52)31(54)33(56)40(63-22)66-36-35(58)37(39(59)62-8)67-42(38(36)68-41-34(57)32(55)30(53)25(20-50)64-41)65-28-12-13-45(4)26(46(28,5)21-51)11-14-48(7)27(45)10-9-23-24-19-44(2,3)15-17-49(24,43(60)61)18-16-47(23,48)6/h9,21-22,24-38,40-42,50,52-58H,10-20H2,1-8H3,(H,60,61)/t22-,24-,25+,26+,27+,28-,29-,30-,31+,32-,33+,34+,35-,36-,37-,38+,40-,41-,42+,45-,46-,47+,48+,49-/m0/s1. The van der Waals surface area contributed by atoms with Crippen LogP contribution in [0.15, 0.2) is 11.6 Å². The minimum atomic E-state index is -2.00. The number of ether oxygens (including phenoxy) is 7. The van der Waals surface area contributed by atoms with E-state index in [4.69, 9.17) is 33.2 Å². The first kappa shape index (κ1) is 52.1. The molecule has 0 aromatic heterocycles. The topological polar surface area (TPSA) is 298 Å². The Morgan fingerprint density at radius 1 is 0.721 bits per heavy atom. The summed E-state index contributed by atoms with van der Waals surface area (Å²) in [6.07, 6.45) is -17.2. The number of aliphatic hydroxyl groups is 8. The van der Waals surface area contributed by atoms with Crippen LogP contribution in [0.4, 0.5) is 0 Å². The van der Waals surface area contributed by atoms with Crippen molar-refractivity contribution in [3.63, 3.8) is 0 Å². The number of aliphatic carboxylic acids is 1. The quantitative estimate of drug-likeness (QED) is 0.0641. The molecule has 24 atom stereocenters. The summed E-state index contributed by atoms with van der Waals surface area (Å²) in [4.78, 5) is 40.5. The number of fused-ring (bicyclic) bond motifs is 7. The molecule has 8 aliphatic rings. The number of allylic oxidation sites excluding steroid dienone is 2. The third kappa shape index (κ3) is 7.96. The van der Waals surface area contributed by atoms with E-state index in [1.165, 1.54) is 12.5 Å². The average molecular weight is 969 g/mol. The fourth-order valence-corrected chi connectivity index (χ4v) is 15.0. The van der Waals surface area contributed by atoms with Gasteiger partial charge in [0.25, 0.3) is 0 Å². The normalized spacial score (nSPS) is 53.4. The molecular formula is C49H76O19. The molecule has 0 amide bonds. The lowest BCUT2D eigenvalue weighted by Crippen LogP contribution is -2.69. The lowest BCUT2D eigenvalue weighted by molar-refractivity contribution is -0.394. The van der Waals surface area contributed by atoms with Crippen molar-refractivity contribution in [2.75, 3.05) is 13.7 Å². The van der Waals surface area contributed by atoms with E-state index >= 15 is 0 Å². The van der Waals surface area contributed by atoms with Gasteiger partial charge in [-0.2, -0.15) is 0 Å². The smallest absolute Gasteiger partial charge is 0.337 e. The van der Waals surface area contributed by atoms with E-state index in [9.17, 15) is 60.3 Å². The number of aliphatic hydroxyl groups excluding tert-OH is 8. The van der Waals surface area contributed by atoms with Crippen molar-refractivity contribution in [2.24, 2.45) is 50.2 Å². The largest absolute Gasteiger partial charge is 0.481 e. The summed E-state index contributed by atoms with van der Waals surface area (Å²) < 4.78 is 41.9. The Balaban J connectivity index is 1.13. The Morgan fingerprint density at radius 2 is 1.35 bits per heavy atom. The van der Waals surface area contributed by atoms with Gasteiger partial charge < -0.3 is 83.9 Å². The van der Waals surface area contributed by atoms with Crippen molar-refractivity contribution in [1.29, 1.82) is 0 Å². The van der Waals surface area contributed by atoms with Crippen LogP contribution in [-0.4, -0.2) is 176 Å². The van der Waals surface area contributed by atoms with Gasteiger partial charge in [0, 0.05) is 0 Å². The predicted octanol–water partition coefficient (Wildman–Crippen LogP) is 1.09. The lowest BCUT2D eigenvalue weighted by atomic mass is 9.33. The third-order valence-corrected chi connectivity index (χ3v) is 19.5. The van der Waals surface area contributed by atoms with Gasteiger partial charge in [-0.1, -0.05) is 53.2 Å². The zero-order chi connectivity index (χ0) is 49.8. The molecule has 8 rings (SSSR count). The molecule has 0 aromatic rings. The van der Waals surface area contributed by atoms with Crippen molar-refractivity contribution in [2.45, 2.75) is 211 Å². The van der Waals surface area contributed by atoms with Crippen LogP contribution in [0.5, 0.6) is 0 Å². The summed E-state index contributed by atoms with van der Waals surface area (Å²) in [5, 5.41) is 97.3. The van der Waals surface area contributed by atoms with Crippen molar-refractivity contribution >= 4 is 18.2 Å². The summed E-state index contributed by atoms with van der Waals surface area (Å²) >= 11 is 0. The Bertz CT molecular complexity index is 1930. The van der Waals surface area contributed by atoms with Gasteiger partial charge in [-0.15, -0.1) is 0 Å². The molecular weight excluding hydrogens is 893 g/mol. The molecule has 0 unspecified atom stereocenters. The Labute approximate surface area is 397 Å². The number of hydrogen-bond acceptors (Lipinski definition) is 18. The zero-order valence-electron chi connectivity index (χ0n) is 40.5. The van der Waals surface area contributed by atoms with Crippen molar-refractivity contribution in [3.8, 4) is 0 Å². The number of methoxy groups -OCH3 is 1. The molecule has 3 saturated heterocycles. The van der Waals surface area contributed by atoms with Crippen LogP contribution in [0.2, 0.25) is 0 Å². The number of aldehydes is 1. The fraction of sp³-hybridized carbons (Fsp3) is 0.898. The van der Waals surface area contributed by atoms with Crippen LogP contribution < -0.4 is 0 Å². The van der Waals surface area contributed by atoms with Gasteiger partial charge in [0.15, 0.2) is 25.0 Å². The van der Waals surface area contributed by atoms with Gasteiger partial charge >= 0.3 is 11.9 Å². The van der Waals surface area contributed by atoms with Crippen LogP contribution in [0.25, 0.3) is 0 Å². The van der Waals surface area contributed by atoms with E-state index in [0.29, 0.717) is 32.1 Å². The summed E-state index contributed by atoms with van der Waals surface area (Å²) in [6.45, 7) is 13.9. The highest BCUT2D eigenvalue weighted by Gasteiger charge is 2.70. The van der Waals surface area contributed by atoms with Crippen LogP contribution in [-0.2, 0) is 47.5 Å². The van der Waals surface area contributed by atoms with E-state index in [2.05, 4.69) is 40.7 Å². The maximum absolute atomic E-state index is 13.9. The molecule has 4 saturated carbocycles. The van der Waals surface area contributed by atoms with Crippen molar-refractivity contribution in [1.82, 2.24) is 0 Å². The van der Waals surface area contributed by atoms with E-state index < -0.39 is 133 Å². The van der Waals surface area contributed by atoms with Gasteiger partial charge in [0.1, 0.15) is 67.3 Å². The molecule has 386 valence electrons. The molecule has 7 fully saturated rings. The van der Waals surface area contributed by atoms with Gasteiger partial charge in [-0.05, 0) is 111 Å². The molecule has 0 spiro atoms. The SMILES string of the molecule is COC(=O)[C@H]1O[C@@H](O[C@H]2CC[C@]3(C)[C@H]4CC=C5[C@@H]6CC(C)(C)CC[C@]6(C(=O)O)CC[C@@]5(C)[C@]4(C)CC[C@H]3[C@]2(C)C=O)[C@H](O[C@@H]2O[C@H](CO)[C@H](O)[C@H](O)[C@H]2O)[C@@H](O[C@@H]2O[C@@H](C)[C@H](O)[C@@H](O)[C@H]2O)[C@@H]1O. The summed E-state index contributed by atoms with van der Waals surface area (Å²) in [5.41, 5.74) is -1.64. The van der Waals surface area contributed by atoms with Gasteiger partial charge in [-0.25, -0.2) is 4.79 Å². The number of carbonyl (C=O) groups is 3. The summed E-state index contributed by atoms with van der Waals surface area (Å²) in [6, 6.07) is 0. The van der Waals surface area contributed by atoms with E-state index in [-0.39, 0.29) is 34.0 Å². The highest BCUT2D eigenvalue weighted by molar-refractivity contribution is 5.77. The molecule has 9 N–H and O–H groups in total. The molecule has 3 heterocycles. The Kier molecular flexibility index (Phi) is 14.1. The van der Waals surface area contributed by atoms with Crippen molar-refractivity contribution in [3.05, 3.63) is 11.6 Å². The average Bonchev–Trinajstić information content (AvgIpc) is 3.29. The number of esters is 1. The molecule has 0 aromatic carbocycles. The predicted molar refractivity (Wildman–Crippen MR) is 234 cm³/mol. The Hall–Kier alpha value is -2.21. The van der Waals surface area contributed by atoms with Crippen LogP contribution >= 0.6 is 0 Å². The second kappa shape index (κ2) is 18.4. The Morgan fingerprint density at radius 3 is 1.99 bits per heavy atom. The number of rotatable bonds is 10. The number of carbonyl (C=O) groups excluding carboxylic acids is 2. The van der Waals surface area contributed by atoms with Gasteiger partial charge in [0.05, 0.1) is 36.8 Å².